The third-order valence-electron chi connectivity index (χ3n) is 8.86. The van der Waals surface area contributed by atoms with Gasteiger partial charge in [0.15, 0.2) is 23.7 Å². The van der Waals surface area contributed by atoms with E-state index in [1.54, 1.807) is 97.1 Å². The molecule has 14 heteroatoms. The quantitative estimate of drug-likeness (QED) is 0.0448. The molecule has 13 nitrogen and oxygen atoms in total. The molecular weight excluding hydrogens is 828 g/mol. The Morgan fingerprint density at radius 3 is 1.41 bits per heavy atom. The van der Waals surface area contributed by atoms with Crippen molar-refractivity contribution in [1.82, 2.24) is 0 Å². The van der Waals surface area contributed by atoms with Crippen molar-refractivity contribution in [2.24, 2.45) is 0 Å². The van der Waals surface area contributed by atoms with Gasteiger partial charge in [0.25, 0.3) is 0 Å². The van der Waals surface area contributed by atoms with Crippen LogP contribution >= 0.6 is 15.9 Å². The van der Waals surface area contributed by atoms with E-state index in [0.29, 0.717) is 5.56 Å². The fourth-order valence-electron chi connectivity index (χ4n) is 6.01. The van der Waals surface area contributed by atoms with Gasteiger partial charge < -0.3 is 37.9 Å². The average Bonchev–Trinajstić information content (AvgIpc) is 3.27. The van der Waals surface area contributed by atoms with Crippen LogP contribution in [0.3, 0.4) is 0 Å². The summed E-state index contributed by atoms with van der Waals surface area (Å²) in [6, 6.07) is 35.3. The number of ether oxygens (including phenoxy) is 8. The normalized spacial score (nSPS) is 18.5. The van der Waals surface area contributed by atoms with Gasteiger partial charge in [-0.05, 0) is 88.2 Å². The highest BCUT2D eigenvalue weighted by Crippen LogP contribution is 2.42. The number of halogens is 1. The molecule has 0 saturated carbocycles. The van der Waals surface area contributed by atoms with E-state index in [1.807, 2.05) is 0 Å². The van der Waals surface area contributed by atoms with Crippen molar-refractivity contribution < 1.29 is 61.9 Å². The number of hydrogen-bond donors (Lipinski definition) is 0. The Balaban J connectivity index is 1.48. The van der Waals surface area contributed by atoms with Crippen molar-refractivity contribution in [1.29, 1.82) is 0 Å². The number of esters is 4. The minimum absolute atomic E-state index is 0.0454. The van der Waals surface area contributed by atoms with E-state index < -0.39 is 61.2 Å². The van der Waals surface area contributed by atoms with Crippen molar-refractivity contribution >= 4 is 50.6 Å². The second-order valence-corrected chi connectivity index (χ2v) is 13.5. The van der Waals surface area contributed by atoms with E-state index in [4.69, 9.17) is 37.9 Å². The van der Waals surface area contributed by atoms with Crippen LogP contribution in [0.1, 0.15) is 47.0 Å². The van der Waals surface area contributed by atoms with Crippen LogP contribution in [0.25, 0.3) is 6.08 Å². The summed E-state index contributed by atoms with van der Waals surface area (Å²) < 4.78 is 48.0. The number of benzene rings is 5. The summed E-state index contributed by atoms with van der Waals surface area (Å²) in [5, 5.41) is 0. The average molecular weight is 866 g/mol. The lowest BCUT2D eigenvalue weighted by Gasteiger charge is -2.44. The van der Waals surface area contributed by atoms with Gasteiger partial charge in [-0.25, -0.2) is 19.2 Å². The Kier molecular flexibility index (Phi) is 14.2. The molecule has 0 bridgehead atoms. The summed E-state index contributed by atoms with van der Waals surface area (Å²) in [5.74, 6) is -3.16. The van der Waals surface area contributed by atoms with E-state index in [0.717, 1.165) is 0 Å². The Hall–Kier alpha value is -6.77. The first kappa shape index (κ1) is 41.9. The highest BCUT2D eigenvalue weighted by molar-refractivity contribution is 9.18. The molecule has 0 aromatic heterocycles. The van der Waals surface area contributed by atoms with Crippen LogP contribution in [-0.4, -0.2) is 80.1 Å². The predicted octanol–water partition coefficient (Wildman–Crippen LogP) is 7.28. The van der Waals surface area contributed by atoms with Crippen LogP contribution in [0.5, 0.6) is 17.2 Å². The first-order chi connectivity index (χ1) is 28.6. The zero-order valence-electron chi connectivity index (χ0n) is 31.6. The Labute approximate surface area is 347 Å². The number of rotatable bonds is 15. The molecule has 5 aromatic carbocycles. The van der Waals surface area contributed by atoms with Gasteiger partial charge in [0.1, 0.15) is 12.7 Å². The minimum Gasteiger partial charge on any atom is -0.493 e. The van der Waals surface area contributed by atoms with Gasteiger partial charge in [0.2, 0.25) is 22.8 Å². The summed E-state index contributed by atoms with van der Waals surface area (Å²) in [4.78, 5) is 66.6. The molecule has 6 rings (SSSR count). The molecule has 5 atom stereocenters. The van der Waals surface area contributed by atoms with Crippen molar-refractivity contribution in [3.63, 3.8) is 0 Å². The number of allylic oxidation sites excluding steroid dienone is 1. The fourth-order valence-corrected chi connectivity index (χ4v) is 6.14. The molecular formula is C45H37BrO13. The van der Waals surface area contributed by atoms with E-state index >= 15 is 0 Å². The van der Waals surface area contributed by atoms with Gasteiger partial charge in [-0.2, -0.15) is 0 Å². The topological polar surface area (TPSA) is 159 Å². The van der Waals surface area contributed by atoms with Crippen molar-refractivity contribution in [2.75, 3.05) is 20.8 Å². The molecule has 302 valence electrons. The Bertz CT molecular complexity index is 2240. The molecule has 0 aliphatic carbocycles. The van der Waals surface area contributed by atoms with E-state index in [-0.39, 0.29) is 44.2 Å². The molecule has 1 saturated heterocycles. The van der Waals surface area contributed by atoms with Crippen LogP contribution in [0.4, 0.5) is 0 Å². The molecule has 0 N–H and O–H groups in total. The van der Waals surface area contributed by atoms with E-state index in [2.05, 4.69) is 15.9 Å². The zero-order valence-corrected chi connectivity index (χ0v) is 33.2. The molecule has 59 heavy (non-hydrogen) atoms. The van der Waals surface area contributed by atoms with Gasteiger partial charge in [-0.3, -0.25) is 4.79 Å². The number of methoxy groups -OCH3 is 2. The number of hydrogen-bond acceptors (Lipinski definition) is 13. The first-order valence-electron chi connectivity index (χ1n) is 18.1. The summed E-state index contributed by atoms with van der Waals surface area (Å²) in [6.45, 7) is -0.558. The van der Waals surface area contributed by atoms with Gasteiger partial charge in [0, 0.05) is 0 Å². The lowest BCUT2D eigenvalue weighted by molar-refractivity contribution is -0.275. The predicted molar refractivity (Wildman–Crippen MR) is 215 cm³/mol. The maximum atomic E-state index is 13.9. The molecule has 5 aromatic rings. The van der Waals surface area contributed by atoms with Gasteiger partial charge in [0.05, 0.1) is 36.5 Å². The standard InChI is InChI=1S/C45H37BrO13/c1-52-33-25-28(23-24-36(46)47)26-34(53-2)37(33)59-45-40(58-44(51)32-21-13-6-14-22-32)39(57-43(50)31-19-11-5-12-20-31)38(56-42(49)30-17-9-4-10-18-30)35(55-45)27-54-41(48)29-15-7-3-8-16-29/h3-26,35,38-40,45H,27H2,1-2H3/t35-,38-,39+,40+,45-/m1/s1. The second-order valence-electron chi connectivity index (χ2n) is 12.7. The molecule has 1 fully saturated rings. The Morgan fingerprint density at radius 1 is 0.576 bits per heavy atom. The largest absolute Gasteiger partial charge is 0.493 e. The maximum absolute atomic E-state index is 13.9. The summed E-state index contributed by atoms with van der Waals surface area (Å²) in [5.41, 5.74) is 1.11. The molecule has 0 radical (unpaired) electrons. The SMILES string of the molecule is COc1cc(C=CC(=O)Br)cc(OC)c1O[C@H]1O[C@H](COC(=O)c2ccccc2)[C@@H](OC(=O)c2ccccc2)[C@H](OC(=O)c2ccccc2)[C@@H]1OC(=O)c1ccccc1. The van der Waals surface area contributed by atoms with Crippen molar-refractivity contribution in [3.8, 4) is 17.2 Å². The molecule has 0 unspecified atom stereocenters. The molecule has 0 amide bonds. The second kappa shape index (κ2) is 20.1. The van der Waals surface area contributed by atoms with E-state index in [1.165, 1.54) is 62.8 Å². The smallest absolute Gasteiger partial charge is 0.338 e. The summed E-state index contributed by atoms with van der Waals surface area (Å²) in [7, 11) is 2.74. The van der Waals surface area contributed by atoms with Crippen LogP contribution in [0.15, 0.2) is 140 Å². The molecule has 0 spiro atoms. The lowest BCUT2D eigenvalue weighted by atomic mass is 9.97. The van der Waals surface area contributed by atoms with Crippen LogP contribution in [0, 0.1) is 0 Å². The molecule has 1 heterocycles. The van der Waals surface area contributed by atoms with Crippen LogP contribution in [-0.2, 0) is 28.5 Å². The zero-order chi connectivity index (χ0) is 41.7. The highest BCUT2D eigenvalue weighted by Gasteiger charge is 2.54. The van der Waals surface area contributed by atoms with Crippen molar-refractivity contribution in [3.05, 3.63) is 167 Å². The monoisotopic (exact) mass is 864 g/mol. The van der Waals surface area contributed by atoms with Gasteiger partial charge >= 0.3 is 23.9 Å². The fraction of sp³-hybridized carbons (Fsp3) is 0.178. The van der Waals surface area contributed by atoms with Crippen LogP contribution in [0.2, 0.25) is 0 Å². The lowest BCUT2D eigenvalue weighted by Crippen LogP contribution is -2.64. The number of carbonyl (C=O) groups excluding carboxylic acids is 5. The summed E-state index contributed by atoms with van der Waals surface area (Å²) in [6.07, 6.45) is -5.22. The third-order valence-corrected chi connectivity index (χ3v) is 9.13. The van der Waals surface area contributed by atoms with E-state index in [9.17, 15) is 24.0 Å². The molecule has 1 aliphatic rings. The van der Waals surface area contributed by atoms with Gasteiger partial charge in [-0.1, -0.05) is 78.9 Å². The minimum atomic E-state index is -1.68. The van der Waals surface area contributed by atoms with Crippen LogP contribution < -0.4 is 14.2 Å². The van der Waals surface area contributed by atoms with Crippen molar-refractivity contribution in [2.45, 2.75) is 30.7 Å². The maximum Gasteiger partial charge on any atom is 0.338 e. The van der Waals surface area contributed by atoms with Gasteiger partial charge in [-0.15, -0.1) is 0 Å². The number of carbonyl (C=O) groups is 5. The third kappa shape index (κ3) is 10.8. The molecule has 1 aliphatic heterocycles. The summed E-state index contributed by atoms with van der Waals surface area (Å²) >= 11 is 2.87. The highest BCUT2D eigenvalue weighted by atomic mass is 79.9. The Morgan fingerprint density at radius 2 is 0.983 bits per heavy atom. The first-order valence-corrected chi connectivity index (χ1v) is 18.9.